The van der Waals surface area contributed by atoms with E-state index in [1.165, 1.54) is 28.0 Å². The van der Waals surface area contributed by atoms with Gasteiger partial charge in [0.2, 0.25) is 5.91 Å². The average Bonchev–Trinajstić information content (AvgIpc) is 3.62. The van der Waals surface area contributed by atoms with E-state index in [2.05, 4.69) is 22.3 Å². The summed E-state index contributed by atoms with van der Waals surface area (Å²) in [4.78, 5) is 46.6. The summed E-state index contributed by atoms with van der Waals surface area (Å²) in [6.07, 6.45) is 8.96. The van der Waals surface area contributed by atoms with Crippen molar-refractivity contribution < 1.29 is 19.1 Å². The van der Waals surface area contributed by atoms with E-state index < -0.39 is 5.97 Å². The molecule has 1 N–H and O–H groups in total. The number of amidine groups is 1. The summed E-state index contributed by atoms with van der Waals surface area (Å²) in [6, 6.07) is 9.22. The average molecular weight is 578 g/mol. The molecular weight excluding hydrogens is 546 g/mol. The van der Waals surface area contributed by atoms with Crippen molar-refractivity contribution in [2.75, 3.05) is 22.6 Å². The third-order valence-corrected chi connectivity index (χ3v) is 8.99. The number of hydrogen-bond donors (Lipinski definition) is 1. The minimum atomic E-state index is -0.399. The maximum absolute atomic E-state index is 13.4. The number of amides is 2. The Morgan fingerprint density at radius 2 is 2.05 bits per heavy atom. The van der Waals surface area contributed by atoms with Gasteiger partial charge in [-0.2, -0.15) is 5.10 Å². The first-order valence-electron chi connectivity index (χ1n) is 13.3. The number of esters is 1. The Kier molecular flexibility index (Phi) is 8.51. The van der Waals surface area contributed by atoms with Gasteiger partial charge >= 0.3 is 5.97 Å². The Balaban J connectivity index is 1.36. The highest BCUT2D eigenvalue weighted by atomic mass is 32.2. The fourth-order valence-corrected chi connectivity index (χ4v) is 7.05. The number of anilines is 2. The van der Waals surface area contributed by atoms with Gasteiger partial charge in [-0.05, 0) is 55.9 Å². The van der Waals surface area contributed by atoms with Crippen LogP contribution in [0.1, 0.15) is 53.1 Å². The van der Waals surface area contributed by atoms with Crippen LogP contribution in [0.2, 0.25) is 0 Å². The lowest BCUT2D eigenvalue weighted by Gasteiger charge is -2.20. The topological polar surface area (TPSA) is 106 Å². The minimum absolute atomic E-state index is 0.0119. The zero-order valence-electron chi connectivity index (χ0n) is 22.7. The summed E-state index contributed by atoms with van der Waals surface area (Å²) < 4.78 is 6.99. The Labute approximate surface area is 241 Å². The lowest BCUT2D eigenvalue weighted by atomic mass is 9.85. The highest BCUT2D eigenvalue weighted by Crippen LogP contribution is 2.41. The molecule has 1 aromatic carbocycles. The van der Waals surface area contributed by atoms with Crippen LogP contribution in [0.15, 0.2) is 53.4 Å². The normalized spacial score (nSPS) is 17.6. The lowest BCUT2D eigenvalue weighted by molar-refractivity contribution is -0.114. The Morgan fingerprint density at radius 1 is 1.25 bits per heavy atom. The predicted octanol–water partition coefficient (Wildman–Crippen LogP) is 5.29. The second-order valence-corrected chi connectivity index (χ2v) is 11.7. The van der Waals surface area contributed by atoms with Gasteiger partial charge in [0.15, 0.2) is 5.17 Å². The number of hydrogen-bond acceptors (Lipinski definition) is 8. The van der Waals surface area contributed by atoms with Crippen molar-refractivity contribution in [1.29, 1.82) is 0 Å². The summed E-state index contributed by atoms with van der Waals surface area (Å²) in [6.45, 7) is 4.22. The van der Waals surface area contributed by atoms with Crippen LogP contribution in [-0.4, -0.2) is 45.1 Å². The molecule has 5 rings (SSSR count). The molecule has 1 aliphatic carbocycles. The van der Waals surface area contributed by atoms with E-state index in [0.29, 0.717) is 27.3 Å². The van der Waals surface area contributed by atoms with Crippen molar-refractivity contribution in [1.82, 2.24) is 9.78 Å². The molecule has 0 spiro atoms. The number of thioether (sulfide) groups is 1. The fourth-order valence-electron chi connectivity index (χ4n) is 4.87. The van der Waals surface area contributed by atoms with E-state index in [1.54, 1.807) is 37.1 Å². The Bertz CT molecular complexity index is 1490. The molecule has 2 aromatic heterocycles. The van der Waals surface area contributed by atoms with Crippen LogP contribution < -0.4 is 10.2 Å². The van der Waals surface area contributed by atoms with Crippen LogP contribution in [0.5, 0.6) is 0 Å². The summed E-state index contributed by atoms with van der Waals surface area (Å²) in [5, 5.41) is 8.05. The van der Waals surface area contributed by atoms with Crippen LogP contribution in [0, 0.1) is 5.92 Å². The molecule has 0 saturated carbocycles. The van der Waals surface area contributed by atoms with E-state index in [0.717, 1.165) is 41.7 Å². The van der Waals surface area contributed by atoms with E-state index in [-0.39, 0.29) is 29.9 Å². The van der Waals surface area contributed by atoms with Gasteiger partial charge in [0.1, 0.15) is 10.7 Å². The zero-order valence-corrected chi connectivity index (χ0v) is 24.3. The SMILES string of the molecule is CCOC(=O)c1c(NC(=O)CSC2=N/C(=C/c3cnn(C)c3)C(=O)N2c2ccccc2)sc2c1CC[C@H](CC)C2. The molecule has 0 fully saturated rings. The van der Waals surface area contributed by atoms with Crippen LogP contribution in [-0.2, 0) is 34.2 Å². The third-order valence-electron chi connectivity index (χ3n) is 6.88. The third kappa shape index (κ3) is 5.90. The maximum atomic E-state index is 13.4. The number of thiophene rings is 1. The molecule has 2 amide bonds. The largest absolute Gasteiger partial charge is 0.462 e. The predicted molar refractivity (Wildman–Crippen MR) is 160 cm³/mol. The first-order valence-corrected chi connectivity index (χ1v) is 15.1. The molecule has 208 valence electrons. The zero-order chi connectivity index (χ0) is 28.2. The summed E-state index contributed by atoms with van der Waals surface area (Å²) in [5.41, 5.74) is 3.17. The monoisotopic (exact) mass is 577 g/mol. The van der Waals surface area contributed by atoms with Crippen LogP contribution >= 0.6 is 23.1 Å². The molecule has 40 heavy (non-hydrogen) atoms. The molecule has 1 atom stereocenters. The van der Waals surface area contributed by atoms with Gasteiger partial charge in [-0.3, -0.25) is 19.2 Å². The van der Waals surface area contributed by atoms with Crippen molar-refractivity contribution in [2.45, 2.75) is 39.5 Å². The molecule has 0 radical (unpaired) electrons. The highest BCUT2D eigenvalue weighted by Gasteiger charge is 2.33. The number of benzene rings is 1. The highest BCUT2D eigenvalue weighted by molar-refractivity contribution is 8.14. The second kappa shape index (κ2) is 12.2. The molecule has 9 nitrogen and oxygen atoms in total. The number of aryl methyl sites for hydroxylation is 1. The summed E-state index contributed by atoms with van der Waals surface area (Å²) in [7, 11) is 1.80. The molecular formula is C29H31N5O4S2. The van der Waals surface area contributed by atoms with E-state index in [4.69, 9.17) is 4.74 Å². The summed E-state index contributed by atoms with van der Waals surface area (Å²) in [5.74, 6) is -0.369. The van der Waals surface area contributed by atoms with Crippen LogP contribution in [0.4, 0.5) is 10.7 Å². The number of carbonyl (C=O) groups excluding carboxylic acids is 3. The standard InChI is InChI=1S/C29H31N5O4S2/c1-4-18-11-12-21-23(14-18)40-26(25(21)28(37)38-5-2)32-24(35)17-39-29-31-22(13-19-15-30-33(3)16-19)27(36)34(29)20-9-7-6-8-10-20/h6-10,13,15-16,18H,4-5,11-12,14,17H2,1-3H3,(H,32,35)/b22-13+/t18-/m0/s1. The molecule has 0 unspecified atom stereocenters. The van der Waals surface area contributed by atoms with Crippen LogP contribution in [0.3, 0.4) is 0 Å². The smallest absolute Gasteiger partial charge is 0.341 e. The first-order chi connectivity index (χ1) is 19.4. The van der Waals surface area contributed by atoms with Gasteiger partial charge in [0, 0.05) is 23.7 Å². The quantitative estimate of drug-likeness (QED) is 0.288. The number of ether oxygens (including phenoxy) is 1. The number of fused-ring (bicyclic) bond motifs is 1. The molecule has 1 aliphatic heterocycles. The van der Waals surface area contributed by atoms with Crippen molar-refractivity contribution in [3.05, 3.63) is 70.0 Å². The van der Waals surface area contributed by atoms with Crippen molar-refractivity contribution >= 4 is 62.8 Å². The van der Waals surface area contributed by atoms with E-state index in [1.807, 2.05) is 30.3 Å². The number of nitrogens with zero attached hydrogens (tertiary/aromatic N) is 4. The van der Waals surface area contributed by atoms with Crippen LogP contribution in [0.25, 0.3) is 6.08 Å². The van der Waals surface area contributed by atoms with Gasteiger partial charge in [0.25, 0.3) is 5.91 Å². The number of nitrogens with one attached hydrogen (secondary N) is 1. The Morgan fingerprint density at radius 3 is 2.75 bits per heavy atom. The van der Waals surface area contributed by atoms with Gasteiger partial charge in [-0.1, -0.05) is 43.3 Å². The Hall–Kier alpha value is -3.70. The molecule has 0 bridgehead atoms. The fraction of sp³-hybridized carbons (Fsp3) is 0.345. The maximum Gasteiger partial charge on any atom is 0.341 e. The van der Waals surface area contributed by atoms with Crippen molar-refractivity contribution in [3.63, 3.8) is 0 Å². The van der Waals surface area contributed by atoms with Crippen molar-refractivity contribution in [3.8, 4) is 0 Å². The summed E-state index contributed by atoms with van der Waals surface area (Å²) >= 11 is 2.64. The number of para-hydroxylation sites is 1. The van der Waals surface area contributed by atoms with E-state index >= 15 is 0 Å². The van der Waals surface area contributed by atoms with Gasteiger partial charge in [0.05, 0.1) is 29.8 Å². The number of rotatable bonds is 8. The number of aromatic nitrogens is 2. The minimum Gasteiger partial charge on any atom is -0.462 e. The molecule has 3 aromatic rings. The molecule has 3 heterocycles. The number of aliphatic imine (C=N–C) groups is 1. The second-order valence-electron chi connectivity index (χ2n) is 9.63. The first kappa shape index (κ1) is 27.9. The van der Waals surface area contributed by atoms with E-state index in [9.17, 15) is 14.4 Å². The van der Waals surface area contributed by atoms with Gasteiger partial charge < -0.3 is 10.1 Å². The van der Waals surface area contributed by atoms with Gasteiger partial charge in [-0.15, -0.1) is 11.3 Å². The molecule has 11 heteroatoms. The lowest BCUT2D eigenvalue weighted by Crippen LogP contribution is -2.31. The van der Waals surface area contributed by atoms with Crippen molar-refractivity contribution in [2.24, 2.45) is 18.0 Å². The van der Waals surface area contributed by atoms with Gasteiger partial charge in [-0.25, -0.2) is 9.79 Å². The molecule has 2 aliphatic rings. The molecule has 0 saturated heterocycles. The number of carbonyl (C=O) groups is 3.